The molecule has 2 heterocycles. The summed E-state index contributed by atoms with van der Waals surface area (Å²) in [6, 6.07) is 9.88. The minimum absolute atomic E-state index is 0.0153. The van der Waals surface area contributed by atoms with E-state index >= 15 is 0 Å². The predicted octanol–water partition coefficient (Wildman–Crippen LogP) is 3.66. The van der Waals surface area contributed by atoms with Crippen LogP contribution in [0.15, 0.2) is 48.4 Å². The first-order valence-electron chi connectivity index (χ1n) is 10.0. The molecule has 0 bridgehead atoms. The third-order valence-electron chi connectivity index (χ3n) is 5.63. The smallest absolute Gasteiger partial charge is 0.243 e. The number of hydrogen-bond donors (Lipinski definition) is 0. The second-order valence-corrected chi connectivity index (χ2v) is 8.59. The van der Waals surface area contributed by atoms with Crippen LogP contribution in [0.2, 0.25) is 0 Å². The Morgan fingerprint density at radius 2 is 2.03 bits per heavy atom. The van der Waals surface area contributed by atoms with Crippen LogP contribution in [0.3, 0.4) is 0 Å². The van der Waals surface area contributed by atoms with Gasteiger partial charge in [0.15, 0.2) is 0 Å². The van der Waals surface area contributed by atoms with E-state index in [1.807, 2.05) is 29.2 Å². The van der Waals surface area contributed by atoms with Crippen LogP contribution in [0.25, 0.3) is 0 Å². The fourth-order valence-electron chi connectivity index (χ4n) is 3.96. The van der Waals surface area contributed by atoms with Crippen LogP contribution in [0, 0.1) is 5.92 Å². The summed E-state index contributed by atoms with van der Waals surface area (Å²) in [5, 5.41) is 2.09. The van der Waals surface area contributed by atoms with Crippen molar-refractivity contribution in [3.63, 3.8) is 0 Å². The highest BCUT2D eigenvalue weighted by Crippen LogP contribution is 2.38. The quantitative estimate of drug-likeness (QED) is 0.655. The van der Waals surface area contributed by atoms with Gasteiger partial charge in [-0.3, -0.25) is 9.59 Å². The molecule has 0 spiro atoms. The van der Waals surface area contributed by atoms with Crippen molar-refractivity contribution in [2.75, 3.05) is 26.7 Å². The van der Waals surface area contributed by atoms with Gasteiger partial charge in [0.25, 0.3) is 0 Å². The van der Waals surface area contributed by atoms with Crippen molar-refractivity contribution in [2.45, 2.75) is 25.3 Å². The molecule has 152 valence electrons. The number of amides is 2. The molecular formula is C23H26N2O3S. The molecule has 1 fully saturated rings. The number of hydrogen-bond acceptors (Lipinski definition) is 4. The van der Waals surface area contributed by atoms with Crippen molar-refractivity contribution >= 4 is 23.2 Å². The monoisotopic (exact) mass is 410 g/mol. The van der Waals surface area contributed by atoms with E-state index in [0.29, 0.717) is 13.1 Å². The molecule has 29 heavy (non-hydrogen) atoms. The topological polar surface area (TPSA) is 49.9 Å². The van der Waals surface area contributed by atoms with E-state index in [4.69, 9.17) is 4.74 Å². The van der Waals surface area contributed by atoms with E-state index in [-0.39, 0.29) is 30.3 Å². The van der Waals surface area contributed by atoms with Crippen LogP contribution in [-0.2, 0) is 16.0 Å². The van der Waals surface area contributed by atoms with E-state index in [2.05, 4.69) is 18.0 Å². The molecule has 1 aromatic carbocycles. The summed E-state index contributed by atoms with van der Waals surface area (Å²) in [7, 11) is 1.65. The third kappa shape index (κ3) is 4.08. The third-order valence-corrected chi connectivity index (χ3v) is 6.63. The van der Waals surface area contributed by atoms with Gasteiger partial charge in [-0.1, -0.05) is 18.2 Å². The summed E-state index contributed by atoms with van der Waals surface area (Å²) in [6.45, 7) is 4.92. The van der Waals surface area contributed by atoms with Crippen LogP contribution >= 0.6 is 11.3 Å². The number of fused-ring (bicyclic) bond motifs is 1. The molecule has 5 nitrogen and oxygen atoms in total. The Morgan fingerprint density at radius 1 is 1.28 bits per heavy atom. The standard InChI is InChI=1S/C23H26N2O3S/c1-3-12-24(23(27)17-4-5-17)15-21(26)25-13-10-20-19(11-14-29-20)22(25)16-6-8-18(28-2)9-7-16/h3,6-9,11,14,17,22H,1,4-5,10,12-13,15H2,2H3. The van der Waals surface area contributed by atoms with Crippen LogP contribution in [0.5, 0.6) is 5.75 Å². The molecule has 1 atom stereocenters. The largest absolute Gasteiger partial charge is 0.497 e. The predicted molar refractivity (Wildman–Crippen MR) is 114 cm³/mol. The van der Waals surface area contributed by atoms with Crippen LogP contribution in [0.1, 0.15) is 34.9 Å². The number of carbonyl (C=O) groups is 2. The first kappa shape index (κ1) is 19.7. The second kappa shape index (κ2) is 8.41. The normalized spacial score (nSPS) is 18.1. The van der Waals surface area contributed by atoms with Crippen molar-refractivity contribution in [3.8, 4) is 5.75 Å². The highest BCUT2D eigenvalue weighted by atomic mass is 32.1. The maximum absolute atomic E-state index is 13.3. The van der Waals surface area contributed by atoms with Gasteiger partial charge in [0.05, 0.1) is 13.2 Å². The molecule has 2 aliphatic rings. The van der Waals surface area contributed by atoms with Crippen molar-refractivity contribution < 1.29 is 14.3 Å². The molecular weight excluding hydrogens is 384 g/mol. The van der Waals surface area contributed by atoms with Crippen LogP contribution < -0.4 is 4.74 Å². The molecule has 6 heteroatoms. The summed E-state index contributed by atoms with van der Waals surface area (Å²) in [4.78, 5) is 30.8. The maximum Gasteiger partial charge on any atom is 0.243 e. The number of nitrogens with zero attached hydrogens (tertiary/aromatic N) is 2. The number of rotatable bonds is 7. The van der Waals surface area contributed by atoms with Gasteiger partial charge in [-0.05, 0) is 54.0 Å². The van der Waals surface area contributed by atoms with E-state index in [1.54, 1.807) is 29.4 Å². The molecule has 2 aromatic rings. The second-order valence-electron chi connectivity index (χ2n) is 7.59. The average Bonchev–Trinajstić information content (AvgIpc) is 3.49. The molecule has 1 aliphatic carbocycles. The highest BCUT2D eigenvalue weighted by Gasteiger charge is 2.37. The highest BCUT2D eigenvalue weighted by molar-refractivity contribution is 7.10. The van der Waals surface area contributed by atoms with Gasteiger partial charge in [0, 0.05) is 23.9 Å². The number of carbonyl (C=O) groups excluding carboxylic acids is 2. The zero-order chi connectivity index (χ0) is 20.4. The number of ether oxygens (including phenoxy) is 1. The molecule has 1 aromatic heterocycles. The van der Waals surface area contributed by atoms with Crippen molar-refractivity contribution in [1.29, 1.82) is 0 Å². The Labute approximate surface area is 175 Å². The van der Waals surface area contributed by atoms with Gasteiger partial charge in [-0.25, -0.2) is 0 Å². The summed E-state index contributed by atoms with van der Waals surface area (Å²) < 4.78 is 5.29. The first-order chi connectivity index (χ1) is 14.1. The van der Waals surface area contributed by atoms with E-state index in [9.17, 15) is 9.59 Å². The Bertz CT molecular complexity index is 901. The zero-order valence-electron chi connectivity index (χ0n) is 16.7. The fourth-order valence-corrected chi connectivity index (χ4v) is 4.87. The van der Waals surface area contributed by atoms with Crippen molar-refractivity contribution in [1.82, 2.24) is 9.80 Å². The van der Waals surface area contributed by atoms with Gasteiger partial charge in [0.1, 0.15) is 12.3 Å². The molecule has 4 rings (SSSR count). The van der Waals surface area contributed by atoms with Crippen molar-refractivity contribution in [3.05, 3.63) is 64.4 Å². The summed E-state index contributed by atoms with van der Waals surface area (Å²) in [5.74, 6) is 0.941. The Hall–Kier alpha value is -2.60. The van der Waals surface area contributed by atoms with Gasteiger partial charge >= 0.3 is 0 Å². The molecule has 1 saturated carbocycles. The lowest BCUT2D eigenvalue weighted by molar-refractivity contribution is -0.142. The van der Waals surface area contributed by atoms with Gasteiger partial charge < -0.3 is 14.5 Å². The molecule has 0 radical (unpaired) electrons. The zero-order valence-corrected chi connectivity index (χ0v) is 17.5. The molecule has 0 saturated heterocycles. The lowest BCUT2D eigenvalue weighted by Gasteiger charge is -2.37. The SMILES string of the molecule is C=CCN(CC(=O)N1CCc2sccc2C1c1ccc(OC)cc1)C(=O)C1CC1. The minimum atomic E-state index is -0.134. The Balaban J connectivity index is 1.60. The maximum atomic E-state index is 13.3. The van der Waals surface area contributed by atoms with Gasteiger partial charge in [-0.2, -0.15) is 0 Å². The molecule has 2 amide bonds. The molecule has 0 N–H and O–H groups in total. The van der Waals surface area contributed by atoms with E-state index < -0.39 is 0 Å². The number of thiophene rings is 1. The Kier molecular flexibility index (Phi) is 5.72. The van der Waals surface area contributed by atoms with Gasteiger partial charge in [0.2, 0.25) is 11.8 Å². The van der Waals surface area contributed by atoms with Gasteiger partial charge in [-0.15, -0.1) is 17.9 Å². The van der Waals surface area contributed by atoms with E-state index in [0.717, 1.165) is 30.6 Å². The van der Waals surface area contributed by atoms with Crippen LogP contribution in [-0.4, -0.2) is 48.4 Å². The van der Waals surface area contributed by atoms with Crippen molar-refractivity contribution in [2.24, 2.45) is 5.92 Å². The Morgan fingerprint density at radius 3 is 2.69 bits per heavy atom. The number of benzene rings is 1. The summed E-state index contributed by atoms with van der Waals surface area (Å²) >= 11 is 1.74. The molecule has 1 aliphatic heterocycles. The summed E-state index contributed by atoms with van der Waals surface area (Å²) in [6.07, 6.45) is 4.40. The fraction of sp³-hybridized carbons (Fsp3) is 0.391. The number of methoxy groups -OCH3 is 1. The molecule has 1 unspecified atom stereocenters. The lowest BCUT2D eigenvalue weighted by atomic mass is 9.93. The first-order valence-corrected chi connectivity index (χ1v) is 10.9. The average molecular weight is 411 g/mol. The van der Waals surface area contributed by atoms with Crippen LogP contribution in [0.4, 0.5) is 0 Å². The van der Waals surface area contributed by atoms with E-state index in [1.165, 1.54) is 10.4 Å². The lowest BCUT2D eigenvalue weighted by Crippen LogP contribution is -2.47. The minimum Gasteiger partial charge on any atom is -0.497 e. The summed E-state index contributed by atoms with van der Waals surface area (Å²) in [5.41, 5.74) is 2.24.